The lowest BCUT2D eigenvalue weighted by molar-refractivity contribution is 0.893. The molecule has 3 rings (SSSR count). The highest BCUT2D eigenvalue weighted by molar-refractivity contribution is 7.71. The lowest BCUT2D eigenvalue weighted by Crippen LogP contribution is -1.97. The Balaban J connectivity index is 2.19. The number of hydrogen-bond acceptors (Lipinski definition) is 3. The number of aryl methyl sites for hydroxylation is 1. The summed E-state index contributed by atoms with van der Waals surface area (Å²) in [4.78, 5) is 7.14. The van der Waals surface area contributed by atoms with Crippen molar-refractivity contribution in [2.45, 2.75) is 13.3 Å². The molecule has 2 heterocycles. The molecule has 90 valence electrons. The van der Waals surface area contributed by atoms with E-state index in [1.165, 1.54) is 5.56 Å². The number of nitrogens with one attached hydrogen (secondary N) is 1. The van der Waals surface area contributed by atoms with Crippen LogP contribution in [0.25, 0.3) is 16.7 Å². The number of H-pyrrole nitrogens is 1. The molecule has 5 heteroatoms. The van der Waals surface area contributed by atoms with Gasteiger partial charge in [-0.05, 0) is 24.1 Å². The Morgan fingerprint density at radius 3 is 2.78 bits per heavy atom. The quantitative estimate of drug-likeness (QED) is 0.717. The molecule has 4 nitrogen and oxygen atoms in total. The van der Waals surface area contributed by atoms with Crippen molar-refractivity contribution in [3.63, 3.8) is 0 Å². The monoisotopic (exact) mass is 256 g/mol. The minimum atomic E-state index is 0.570. The second kappa shape index (κ2) is 4.34. The first-order chi connectivity index (χ1) is 8.79. The third-order valence-electron chi connectivity index (χ3n) is 2.97. The molecule has 18 heavy (non-hydrogen) atoms. The van der Waals surface area contributed by atoms with Gasteiger partial charge in [0, 0.05) is 0 Å². The Morgan fingerprint density at radius 1 is 1.28 bits per heavy atom. The molecule has 0 atom stereocenters. The van der Waals surface area contributed by atoms with Crippen LogP contribution in [0, 0.1) is 4.64 Å². The maximum Gasteiger partial charge on any atom is 0.145 e. The minimum Gasteiger partial charge on any atom is -0.330 e. The first kappa shape index (κ1) is 11.1. The zero-order chi connectivity index (χ0) is 12.5. The molecule has 0 aliphatic carbocycles. The van der Waals surface area contributed by atoms with Gasteiger partial charge in [-0.25, -0.2) is 9.67 Å². The van der Waals surface area contributed by atoms with Crippen LogP contribution in [0.2, 0.25) is 0 Å². The number of rotatable bonds is 2. The summed E-state index contributed by atoms with van der Waals surface area (Å²) in [5, 5.41) is 5.23. The van der Waals surface area contributed by atoms with Gasteiger partial charge in [0.25, 0.3) is 0 Å². The van der Waals surface area contributed by atoms with E-state index in [0.29, 0.717) is 4.64 Å². The van der Waals surface area contributed by atoms with Gasteiger partial charge in [-0.1, -0.05) is 31.3 Å². The van der Waals surface area contributed by atoms with Gasteiger partial charge in [0.2, 0.25) is 0 Å². The van der Waals surface area contributed by atoms with Crippen molar-refractivity contribution in [2.75, 3.05) is 0 Å². The van der Waals surface area contributed by atoms with Gasteiger partial charge >= 0.3 is 0 Å². The molecule has 0 saturated heterocycles. The van der Waals surface area contributed by atoms with Crippen LogP contribution in [0.3, 0.4) is 0 Å². The maximum atomic E-state index is 5.17. The van der Waals surface area contributed by atoms with Crippen molar-refractivity contribution in [3.05, 3.63) is 47.0 Å². The molecule has 3 aromatic rings. The summed E-state index contributed by atoms with van der Waals surface area (Å²) in [5.74, 6) is 0. The van der Waals surface area contributed by atoms with Crippen LogP contribution in [0.15, 0.2) is 36.8 Å². The number of hydrogen-bond donors (Lipinski definition) is 1. The van der Waals surface area contributed by atoms with Gasteiger partial charge in [-0.15, -0.1) is 0 Å². The number of aromatic amines is 1. The van der Waals surface area contributed by atoms with Crippen molar-refractivity contribution in [2.24, 2.45) is 0 Å². The Morgan fingerprint density at radius 2 is 2.06 bits per heavy atom. The SMILES string of the molecule is CCc1ccc(-n2ncc3c(=S)nc[nH]c32)cc1. The summed E-state index contributed by atoms with van der Waals surface area (Å²) in [5.41, 5.74) is 3.20. The van der Waals surface area contributed by atoms with E-state index in [2.05, 4.69) is 46.3 Å². The third kappa shape index (κ3) is 1.73. The van der Waals surface area contributed by atoms with Gasteiger partial charge < -0.3 is 4.98 Å². The molecule has 0 bridgehead atoms. The van der Waals surface area contributed by atoms with Gasteiger partial charge in [-0.2, -0.15) is 5.10 Å². The van der Waals surface area contributed by atoms with Gasteiger partial charge in [0.15, 0.2) is 0 Å². The second-order valence-corrected chi connectivity index (χ2v) is 4.43. The van der Waals surface area contributed by atoms with E-state index in [1.807, 2.05) is 4.68 Å². The lowest BCUT2D eigenvalue weighted by Gasteiger charge is -2.04. The molecule has 0 radical (unpaired) electrons. The molecule has 0 spiro atoms. The molecule has 0 fully saturated rings. The predicted molar refractivity (Wildman–Crippen MR) is 73.4 cm³/mol. The maximum absolute atomic E-state index is 5.17. The smallest absolute Gasteiger partial charge is 0.145 e. The number of benzene rings is 1. The fraction of sp³-hybridized carbons (Fsp3) is 0.154. The van der Waals surface area contributed by atoms with E-state index in [9.17, 15) is 0 Å². The number of nitrogens with zero attached hydrogens (tertiary/aromatic N) is 3. The van der Waals surface area contributed by atoms with Crippen molar-refractivity contribution in [1.82, 2.24) is 19.7 Å². The topological polar surface area (TPSA) is 46.5 Å². The molecule has 2 aromatic heterocycles. The van der Waals surface area contributed by atoms with Crippen LogP contribution in [-0.4, -0.2) is 19.7 Å². The van der Waals surface area contributed by atoms with E-state index < -0.39 is 0 Å². The molecule has 1 N–H and O–H groups in total. The second-order valence-electron chi connectivity index (χ2n) is 4.05. The molecule has 0 aliphatic rings. The van der Waals surface area contributed by atoms with E-state index in [-0.39, 0.29) is 0 Å². The Labute approximate surface area is 109 Å². The highest BCUT2D eigenvalue weighted by atomic mass is 32.1. The summed E-state index contributed by atoms with van der Waals surface area (Å²) < 4.78 is 2.41. The van der Waals surface area contributed by atoms with E-state index >= 15 is 0 Å². The van der Waals surface area contributed by atoms with Gasteiger partial charge in [-0.3, -0.25) is 0 Å². The van der Waals surface area contributed by atoms with Crippen molar-refractivity contribution in [3.8, 4) is 5.69 Å². The zero-order valence-corrected chi connectivity index (χ0v) is 10.7. The van der Waals surface area contributed by atoms with E-state index in [1.54, 1.807) is 12.5 Å². The van der Waals surface area contributed by atoms with E-state index in [0.717, 1.165) is 23.1 Å². The fourth-order valence-corrected chi connectivity index (χ4v) is 2.14. The molecular weight excluding hydrogens is 244 g/mol. The summed E-state index contributed by atoms with van der Waals surface area (Å²) in [6, 6.07) is 8.34. The normalized spacial score (nSPS) is 10.9. The van der Waals surface area contributed by atoms with Gasteiger partial charge in [0.05, 0.1) is 23.6 Å². The van der Waals surface area contributed by atoms with Crippen molar-refractivity contribution < 1.29 is 0 Å². The summed E-state index contributed by atoms with van der Waals surface area (Å²) in [6.45, 7) is 2.14. The standard InChI is InChI=1S/C13H12N4S/c1-2-9-3-5-10(6-4-9)17-12-11(7-16-17)13(18)15-8-14-12/h3-8H,2H2,1H3,(H,14,15,18). The summed E-state index contributed by atoms with van der Waals surface area (Å²) in [7, 11) is 0. The third-order valence-corrected chi connectivity index (χ3v) is 3.30. The first-order valence-electron chi connectivity index (χ1n) is 5.80. The molecule has 0 aliphatic heterocycles. The zero-order valence-electron chi connectivity index (χ0n) is 9.92. The van der Waals surface area contributed by atoms with Gasteiger partial charge in [0.1, 0.15) is 10.3 Å². The largest absolute Gasteiger partial charge is 0.330 e. The fourth-order valence-electron chi connectivity index (χ4n) is 1.93. The number of aromatic nitrogens is 4. The van der Waals surface area contributed by atoms with Crippen LogP contribution >= 0.6 is 12.2 Å². The molecule has 0 amide bonds. The van der Waals surface area contributed by atoms with Crippen LogP contribution in [-0.2, 0) is 6.42 Å². The van der Waals surface area contributed by atoms with Crippen molar-refractivity contribution >= 4 is 23.3 Å². The van der Waals surface area contributed by atoms with E-state index in [4.69, 9.17) is 12.2 Å². The van der Waals surface area contributed by atoms with Crippen LogP contribution in [0.5, 0.6) is 0 Å². The Hall–Kier alpha value is -2.01. The van der Waals surface area contributed by atoms with Crippen LogP contribution in [0.1, 0.15) is 12.5 Å². The first-order valence-corrected chi connectivity index (χ1v) is 6.21. The molecule has 1 aromatic carbocycles. The molecule has 0 saturated carbocycles. The number of fused-ring (bicyclic) bond motifs is 1. The Kier molecular flexibility index (Phi) is 2.68. The van der Waals surface area contributed by atoms with Crippen molar-refractivity contribution in [1.29, 1.82) is 0 Å². The molecule has 0 unspecified atom stereocenters. The summed E-state index contributed by atoms with van der Waals surface area (Å²) >= 11 is 5.17. The average molecular weight is 256 g/mol. The minimum absolute atomic E-state index is 0.570. The average Bonchev–Trinajstić information content (AvgIpc) is 2.84. The lowest BCUT2D eigenvalue weighted by atomic mass is 10.1. The Bertz CT molecular complexity index is 740. The highest BCUT2D eigenvalue weighted by Crippen LogP contribution is 2.16. The summed E-state index contributed by atoms with van der Waals surface area (Å²) in [6.07, 6.45) is 4.38. The van der Waals surface area contributed by atoms with Crippen LogP contribution in [0.4, 0.5) is 0 Å². The van der Waals surface area contributed by atoms with Crippen LogP contribution < -0.4 is 0 Å². The highest BCUT2D eigenvalue weighted by Gasteiger charge is 2.06. The predicted octanol–water partition coefficient (Wildman–Crippen LogP) is 3.04. The molecular formula is C13H12N4S.